The number of fused-ring (bicyclic) bond motifs is 6. The Morgan fingerprint density at radius 2 is 0.814 bits per heavy atom. The zero-order chi connectivity index (χ0) is 39.6. The quantitative estimate of drug-likeness (QED) is 0.157. The maximum Gasteiger partial charge on any atom is 0.0713 e. The predicted octanol–water partition coefficient (Wildman–Crippen LogP) is 15.2. The number of rotatable bonds is 7. The van der Waals surface area contributed by atoms with Crippen molar-refractivity contribution in [2.45, 2.75) is 24.7 Å². The minimum Gasteiger partial charge on any atom is -0.310 e. The summed E-state index contributed by atoms with van der Waals surface area (Å²) < 4.78 is 0. The highest BCUT2D eigenvalue weighted by atomic mass is 15.1. The van der Waals surface area contributed by atoms with Crippen molar-refractivity contribution in [3.8, 4) is 44.5 Å². The molecule has 2 aliphatic rings. The SMILES string of the molecule is CC1(C)c2cc(N(c3ccccc3)c3ccc(-c4ccccc4)cc3-c3ccccc3)ccc2-c2ccc(C3(c4ccccc4)c4ccccc4-c4ccccc43)cc21. The fourth-order valence-electron chi connectivity index (χ4n) is 10.2. The first-order chi connectivity index (χ1) is 29.0. The summed E-state index contributed by atoms with van der Waals surface area (Å²) >= 11 is 0. The minimum absolute atomic E-state index is 0.256. The van der Waals surface area contributed by atoms with Crippen LogP contribution in [0.25, 0.3) is 44.5 Å². The summed E-state index contributed by atoms with van der Waals surface area (Å²) in [4.78, 5) is 2.44. The van der Waals surface area contributed by atoms with Crippen molar-refractivity contribution in [3.63, 3.8) is 0 Å². The summed E-state index contributed by atoms with van der Waals surface area (Å²) in [5.41, 5.74) is 20.7. The molecule has 0 saturated carbocycles. The Morgan fingerprint density at radius 3 is 1.46 bits per heavy atom. The molecule has 0 N–H and O–H groups in total. The number of hydrogen-bond acceptors (Lipinski definition) is 1. The van der Waals surface area contributed by atoms with Gasteiger partial charge >= 0.3 is 0 Å². The minimum atomic E-state index is -0.441. The molecule has 9 aromatic carbocycles. The number of nitrogens with zero attached hydrogens (tertiary/aromatic N) is 1. The lowest BCUT2D eigenvalue weighted by Crippen LogP contribution is -2.29. The molecule has 0 amide bonds. The molecule has 0 spiro atoms. The Kier molecular flexibility index (Phi) is 8.13. The van der Waals surface area contributed by atoms with Gasteiger partial charge in [0, 0.05) is 22.4 Å². The highest BCUT2D eigenvalue weighted by Crippen LogP contribution is 2.58. The molecule has 0 saturated heterocycles. The third kappa shape index (κ3) is 5.39. The van der Waals surface area contributed by atoms with Crippen LogP contribution in [0.2, 0.25) is 0 Å². The van der Waals surface area contributed by atoms with Gasteiger partial charge in [0.05, 0.1) is 11.1 Å². The average Bonchev–Trinajstić information content (AvgIpc) is 3.73. The first-order valence-corrected chi connectivity index (χ1v) is 20.7. The molecule has 0 atom stereocenters. The van der Waals surface area contributed by atoms with Crippen molar-refractivity contribution in [3.05, 3.63) is 258 Å². The number of benzene rings is 9. The zero-order valence-electron chi connectivity index (χ0n) is 33.3. The summed E-state index contributed by atoms with van der Waals surface area (Å²) in [5.74, 6) is 0. The largest absolute Gasteiger partial charge is 0.310 e. The lowest BCUT2D eigenvalue weighted by molar-refractivity contribution is 0.655. The van der Waals surface area contributed by atoms with Gasteiger partial charge in [0.25, 0.3) is 0 Å². The van der Waals surface area contributed by atoms with Gasteiger partial charge < -0.3 is 4.90 Å². The van der Waals surface area contributed by atoms with Crippen molar-refractivity contribution < 1.29 is 0 Å². The molecule has 0 bridgehead atoms. The van der Waals surface area contributed by atoms with Crippen LogP contribution in [0.15, 0.2) is 224 Å². The van der Waals surface area contributed by atoms with Crippen LogP contribution >= 0.6 is 0 Å². The van der Waals surface area contributed by atoms with Crippen LogP contribution in [-0.4, -0.2) is 0 Å². The van der Waals surface area contributed by atoms with Gasteiger partial charge in [0.1, 0.15) is 0 Å². The standard InChI is InChI=1S/C58H43N/c1-57(2)54-38-44(58(43-23-11-5-12-24-43)52-29-17-15-27-47(52)48-28-16-18-30-53(48)58)32-34-49(54)50-35-33-46(39-55(50)57)59(45-25-13-6-14-26-45)56-36-31-42(40-19-7-3-8-20-40)37-51(56)41-21-9-4-10-22-41/h3-39H,1-2H3. The molecule has 280 valence electrons. The molecule has 1 heteroatoms. The van der Waals surface area contributed by atoms with Gasteiger partial charge in [-0.3, -0.25) is 0 Å². The molecule has 0 unspecified atom stereocenters. The summed E-state index contributed by atoms with van der Waals surface area (Å²) in [7, 11) is 0. The van der Waals surface area contributed by atoms with E-state index < -0.39 is 5.41 Å². The van der Waals surface area contributed by atoms with E-state index in [1.165, 1.54) is 77.9 Å². The van der Waals surface area contributed by atoms with Gasteiger partial charge in [-0.15, -0.1) is 0 Å². The van der Waals surface area contributed by atoms with E-state index in [1.54, 1.807) is 0 Å². The molecule has 11 rings (SSSR count). The number of hydrogen-bond donors (Lipinski definition) is 0. The van der Waals surface area contributed by atoms with Crippen LogP contribution in [-0.2, 0) is 10.8 Å². The van der Waals surface area contributed by atoms with E-state index in [1.807, 2.05) is 0 Å². The van der Waals surface area contributed by atoms with Gasteiger partial charge in [-0.2, -0.15) is 0 Å². The fourth-order valence-corrected chi connectivity index (χ4v) is 10.2. The van der Waals surface area contributed by atoms with E-state index in [4.69, 9.17) is 0 Å². The molecule has 0 radical (unpaired) electrons. The van der Waals surface area contributed by atoms with Gasteiger partial charge in [-0.25, -0.2) is 0 Å². The molecule has 0 aromatic heterocycles. The molecule has 2 aliphatic carbocycles. The van der Waals surface area contributed by atoms with E-state index >= 15 is 0 Å². The van der Waals surface area contributed by atoms with E-state index in [0.717, 1.165) is 17.1 Å². The highest BCUT2D eigenvalue weighted by Gasteiger charge is 2.47. The Balaban J connectivity index is 1.08. The van der Waals surface area contributed by atoms with Crippen LogP contribution < -0.4 is 4.90 Å². The van der Waals surface area contributed by atoms with Crippen molar-refractivity contribution in [2.75, 3.05) is 4.90 Å². The number of para-hydroxylation sites is 1. The third-order valence-electron chi connectivity index (χ3n) is 13.0. The van der Waals surface area contributed by atoms with Gasteiger partial charge in [-0.1, -0.05) is 202 Å². The molecule has 0 aliphatic heterocycles. The number of anilines is 3. The molecule has 59 heavy (non-hydrogen) atoms. The van der Waals surface area contributed by atoms with Crippen LogP contribution in [0.5, 0.6) is 0 Å². The maximum atomic E-state index is 2.53. The van der Waals surface area contributed by atoms with Crippen molar-refractivity contribution in [1.82, 2.24) is 0 Å². The van der Waals surface area contributed by atoms with E-state index in [2.05, 4.69) is 243 Å². The van der Waals surface area contributed by atoms with Crippen molar-refractivity contribution >= 4 is 17.1 Å². The second-order valence-electron chi connectivity index (χ2n) is 16.5. The monoisotopic (exact) mass is 753 g/mol. The topological polar surface area (TPSA) is 3.24 Å². The van der Waals surface area contributed by atoms with Gasteiger partial charge in [0.15, 0.2) is 0 Å². The summed E-state index contributed by atoms with van der Waals surface area (Å²) in [6.07, 6.45) is 0. The normalized spacial score (nSPS) is 13.9. The van der Waals surface area contributed by atoms with E-state index in [9.17, 15) is 0 Å². The smallest absolute Gasteiger partial charge is 0.0713 e. The van der Waals surface area contributed by atoms with Crippen molar-refractivity contribution in [2.24, 2.45) is 0 Å². The molecule has 0 heterocycles. The van der Waals surface area contributed by atoms with Crippen LogP contribution in [0, 0.1) is 0 Å². The summed E-state index contributed by atoms with van der Waals surface area (Å²) in [6.45, 7) is 4.82. The average molecular weight is 754 g/mol. The lowest BCUT2D eigenvalue weighted by Gasteiger charge is -2.35. The molecule has 1 nitrogen and oxygen atoms in total. The van der Waals surface area contributed by atoms with Gasteiger partial charge in [-0.05, 0) is 109 Å². The molecular formula is C58H43N. The van der Waals surface area contributed by atoms with Gasteiger partial charge in [0.2, 0.25) is 0 Å². The van der Waals surface area contributed by atoms with E-state index in [0.29, 0.717) is 0 Å². The van der Waals surface area contributed by atoms with Crippen LogP contribution in [0.1, 0.15) is 47.2 Å². The Morgan fingerprint density at radius 1 is 0.305 bits per heavy atom. The molecule has 0 fully saturated rings. The zero-order valence-corrected chi connectivity index (χ0v) is 33.3. The summed E-state index contributed by atoms with van der Waals surface area (Å²) in [6, 6.07) is 82.9. The molecule has 9 aromatic rings. The second-order valence-corrected chi connectivity index (χ2v) is 16.5. The van der Waals surface area contributed by atoms with Crippen LogP contribution in [0.3, 0.4) is 0 Å². The second kappa shape index (κ2) is 13.7. The fraction of sp³-hybridized carbons (Fsp3) is 0.0690. The highest BCUT2D eigenvalue weighted by molar-refractivity contribution is 5.93. The van der Waals surface area contributed by atoms with Crippen LogP contribution in [0.4, 0.5) is 17.1 Å². The predicted molar refractivity (Wildman–Crippen MR) is 247 cm³/mol. The maximum absolute atomic E-state index is 2.53. The van der Waals surface area contributed by atoms with Crippen molar-refractivity contribution in [1.29, 1.82) is 0 Å². The Bertz CT molecular complexity index is 2950. The summed E-state index contributed by atoms with van der Waals surface area (Å²) in [5, 5.41) is 0. The lowest BCUT2D eigenvalue weighted by atomic mass is 9.66. The third-order valence-corrected chi connectivity index (χ3v) is 13.0. The first-order valence-electron chi connectivity index (χ1n) is 20.7. The van der Waals surface area contributed by atoms with E-state index in [-0.39, 0.29) is 5.41 Å². The molecular weight excluding hydrogens is 711 g/mol. The Labute approximate surface area is 347 Å². The first kappa shape index (κ1) is 35.0. The Hall–Kier alpha value is -7.22.